The number of carbonyl (C=O) groups excluding carboxylic acids is 1. The average molecular weight is 331 g/mol. The summed E-state index contributed by atoms with van der Waals surface area (Å²) in [4.78, 5) is 23.2. The fourth-order valence-electron chi connectivity index (χ4n) is 2.92. The van der Waals surface area contributed by atoms with Gasteiger partial charge in [0, 0.05) is 32.5 Å². The summed E-state index contributed by atoms with van der Waals surface area (Å²) in [6.07, 6.45) is 6.15. The van der Waals surface area contributed by atoms with Gasteiger partial charge in [0.25, 0.3) is 5.88 Å². The zero-order valence-corrected chi connectivity index (χ0v) is 13.9. The summed E-state index contributed by atoms with van der Waals surface area (Å²) in [5.41, 5.74) is 0.828. The van der Waals surface area contributed by atoms with Crippen LogP contribution in [0.2, 0.25) is 0 Å². The first kappa shape index (κ1) is 16.2. The van der Waals surface area contributed by atoms with Gasteiger partial charge in [-0.25, -0.2) is 4.98 Å². The lowest BCUT2D eigenvalue weighted by atomic mass is 10.1. The number of ether oxygens (including phenoxy) is 1. The molecule has 1 aliphatic heterocycles. The van der Waals surface area contributed by atoms with Gasteiger partial charge >= 0.3 is 0 Å². The number of carbonyl (C=O) groups is 1. The van der Waals surface area contributed by atoms with Gasteiger partial charge in [0.1, 0.15) is 11.6 Å². The molecular weight excluding hydrogens is 310 g/mol. The van der Waals surface area contributed by atoms with Crippen molar-refractivity contribution in [3.63, 3.8) is 0 Å². The molecular formula is C16H21N5O3. The third-order valence-electron chi connectivity index (χ3n) is 4.16. The Kier molecular flexibility index (Phi) is 4.93. The minimum absolute atomic E-state index is 0.0115. The summed E-state index contributed by atoms with van der Waals surface area (Å²) >= 11 is 0. The Morgan fingerprint density at radius 1 is 1.50 bits per heavy atom. The number of likely N-dealkylation sites (tertiary alicyclic amines) is 1. The molecule has 0 spiro atoms. The molecule has 8 heteroatoms. The zero-order valence-electron chi connectivity index (χ0n) is 13.9. The SMILES string of the molecule is CNc1cncc(C2CCCN2C(=O)CCc2cc(OC)no2)n1. The fraction of sp³-hybridized carbons (Fsp3) is 0.500. The molecule has 0 radical (unpaired) electrons. The normalized spacial score (nSPS) is 17.1. The van der Waals surface area contributed by atoms with Gasteiger partial charge in [-0.15, -0.1) is 0 Å². The number of hydrogen-bond donors (Lipinski definition) is 1. The molecule has 3 rings (SSSR count). The molecule has 1 saturated heterocycles. The van der Waals surface area contributed by atoms with Crippen molar-refractivity contribution in [1.82, 2.24) is 20.0 Å². The van der Waals surface area contributed by atoms with Crippen molar-refractivity contribution in [2.24, 2.45) is 0 Å². The Morgan fingerprint density at radius 3 is 3.12 bits per heavy atom. The maximum Gasteiger partial charge on any atom is 0.254 e. The van der Waals surface area contributed by atoms with Crippen molar-refractivity contribution in [3.05, 3.63) is 29.9 Å². The molecule has 24 heavy (non-hydrogen) atoms. The van der Waals surface area contributed by atoms with Gasteiger partial charge in [0.05, 0.1) is 31.2 Å². The molecule has 0 bridgehead atoms. The van der Waals surface area contributed by atoms with Gasteiger partial charge in [-0.1, -0.05) is 0 Å². The second kappa shape index (κ2) is 7.29. The number of nitrogens with zero attached hydrogens (tertiary/aromatic N) is 4. The van der Waals surface area contributed by atoms with Crippen LogP contribution in [-0.2, 0) is 11.2 Å². The van der Waals surface area contributed by atoms with Gasteiger partial charge in [0.15, 0.2) is 0 Å². The van der Waals surface area contributed by atoms with E-state index in [0.29, 0.717) is 30.3 Å². The summed E-state index contributed by atoms with van der Waals surface area (Å²) in [6, 6.07) is 1.69. The maximum atomic E-state index is 12.6. The standard InChI is InChI=1S/C16H21N5O3/c1-17-14-10-18-9-12(19-14)13-4-3-7-21(13)16(22)6-5-11-8-15(23-2)20-24-11/h8-10,13H,3-7H2,1-2H3,(H,17,19). The summed E-state index contributed by atoms with van der Waals surface area (Å²) < 4.78 is 10.1. The monoisotopic (exact) mass is 331 g/mol. The number of nitrogens with one attached hydrogen (secondary N) is 1. The molecule has 0 aromatic carbocycles. The van der Waals surface area contributed by atoms with Gasteiger partial charge in [-0.2, -0.15) is 0 Å². The summed E-state index contributed by atoms with van der Waals surface area (Å²) in [5, 5.41) is 6.73. The molecule has 1 aliphatic rings. The van der Waals surface area contributed by atoms with Crippen LogP contribution in [-0.4, -0.2) is 46.6 Å². The highest BCUT2D eigenvalue weighted by atomic mass is 16.5. The van der Waals surface area contributed by atoms with Crippen LogP contribution in [0.4, 0.5) is 5.82 Å². The molecule has 0 aliphatic carbocycles. The quantitative estimate of drug-likeness (QED) is 0.862. The van der Waals surface area contributed by atoms with E-state index in [1.165, 1.54) is 7.11 Å². The number of methoxy groups -OCH3 is 1. The molecule has 1 atom stereocenters. The highest BCUT2D eigenvalue weighted by Crippen LogP contribution is 2.31. The topological polar surface area (TPSA) is 93.4 Å². The van der Waals surface area contributed by atoms with E-state index in [9.17, 15) is 4.79 Å². The average Bonchev–Trinajstić information content (AvgIpc) is 3.28. The van der Waals surface area contributed by atoms with Crippen molar-refractivity contribution in [2.45, 2.75) is 31.7 Å². The molecule has 3 heterocycles. The van der Waals surface area contributed by atoms with Crippen LogP contribution in [0.5, 0.6) is 5.88 Å². The molecule has 2 aromatic rings. The van der Waals surface area contributed by atoms with Gasteiger partial charge in [-0.05, 0) is 18.0 Å². The second-order valence-corrected chi connectivity index (χ2v) is 5.66. The Balaban J connectivity index is 1.64. The largest absolute Gasteiger partial charge is 0.479 e. The van der Waals surface area contributed by atoms with E-state index in [1.54, 1.807) is 25.5 Å². The second-order valence-electron chi connectivity index (χ2n) is 5.66. The molecule has 8 nitrogen and oxygen atoms in total. The lowest BCUT2D eigenvalue weighted by Crippen LogP contribution is -2.31. The smallest absolute Gasteiger partial charge is 0.254 e. The zero-order chi connectivity index (χ0) is 16.9. The van der Waals surface area contributed by atoms with E-state index < -0.39 is 0 Å². The molecule has 1 unspecified atom stereocenters. The van der Waals surface area contributed by atoms with Crippen LogP contribution in [0.3, 0.4) is 0 Å². The highest BCUT2D eigenvalue weighted by molar-refractivity contribution is 5.77. The van der Waals surface area contributed by atoms with Gasteiger partial charge in [0.2, 0.25) is 5.91 Å². The molecule has 2 aromatic heterocycles. The van der Waals surface area contributed by atoms with Gasteiger partial charge in [-0.3, -0.25) is 9.78 Å². The maximum absolute atomic E-state index is 12.6. The Morgan fingerprint density at radius 2 is 2.38 bits per heavy atom. The number of aromatic nitrogens is 3. The molecule has 1 amide bonds. The predicted molar refractivity (Wildman–Crippen MR) is 86.6 cm³/mol. The van der Waals surface area contributed by atoms with Crippen LogP contribution in [0.15, 0.2) is 23.0 Å². The summed E-state index contributed by atoms with van der Waals surface area (Å²) in [7, 11) is 3.33. The first-order valence-corrected chi connectivity index (χ1v) is 8.00. The van der Waals surface area contributed by atoms with Crippen LogP contribution in [0.1, 0.15) is 36.8 Å². The van der Waals surface area contributed by atoms with Crippen molar-refractivity contribution < 1.29 is 14.1 Å². The Labute approximate surface area is 140 Å². The van der Waals surface area contributed by atoms with Crippen molar-refractivity contribution in [2.75, 3.05) is 26.0 Å². The Bertz CT molecular complexity index is 703. The van der Waals surface area contributed by atoms with E-state index in [0.717, 1.165) is 25.1 Å². The number of anilines is 1. The van der Waals surface area contributed by atoms with Crippen LogP contribution in [0.25, 0.3) is 0 Å². The predicted octanol–water partition coefficient (Wildman–Crippen LogP) is 1.81. The van der Waals surface area contributed by atoms with Crippen molar-refractivity contribution >= 4 is 11.7 Å². The lowest BCUT2D eigenvalue weighted by molar-refractivity contribution is -0.132. The number of hydrogen-bond acceptors (Lipinski definition) is 7. The van der Waals surface area contributed by atoms with E-state index in [2.05, 4.69) is 20.4 Å². The summed E-state index contributed by atoms with van der Waals surface area (Å²) in [6.45, 7) is 0.745. The molecule has 0 saturated carbocycles. The van der Waals surface area contributed by atoms with Crippen LogP contribution in [0, 0.1) is 0 Å². The first-order chi connectivity index (χ1) is 11.7. The molecule has 128 valence electrons. The van der Waals surface area contributed by atoms with Crippen LogP contribution >= 0.6 is 0 Å². The van der Waals surface area contributed by atoms with E-state index in [1.807, 2.05) is 4.90 Å². The minimum atomic E-state index is -0.0115. The van der Waals surface area contributed by atoms with Crippen LogP contribution < -0.4 is 10.1 Å². The number of aryl methyl sites for hydroxylation is 1. The van der Waals surface area contributed by atoms with Crippen molar-refractivity contribution in [3.8, 4) is 5.88 Å². The fourth-order valence-corrected chi connectivity index (χ4v) is 2.92. The van der Waals surface area contributed by atoms with Crippen molar-refractivity contribution in [1.29, 1.82) is 0 Å². The lowest BCUT2D eigenvalue weighted by Gasteiger charge is -2.24. The molecule has 1 fully saturated rings. The minimum Gasteiger partial charge on any atom is -0.479 e. The Hall–Kier alpha value is -2.64. The first-order valence-electron chi connectivity index (χ1n) is 8.00. The number of rotatable bonds is 6. The molecule has 1 N–H and O–H groups in total. The van der Waals surface area contributed by atoms with Gasteiger partial charge < -0.3 is 19.5 Å². The highest BCUT2D eigenvalue weighted by Gasteiger charge is 2.31. The summed E-state index contributed by atoms with van der Waals surface area (Å²) in [5.74, 6) is 1.87. The van der Waals surface area contributed by atoms with E-state index in [-0.39, 0.29) is 11.9 Å². The van der Waals surface area contributed by atoms with E-state index >= 15 is 0 Å². The van der Waals surface area contributed by atoms with E-state index in [4.69, 9.17) is 9.26 Å². The third kappa shape index (κ3) is 3.47. The number of amides is 1. The third-order valence-corrected chi connectivity index (χ3v) is 4.16.